The van der Waals surface area contributed by atoms with E-state index in [0.717, 1.165) is 33.6 Å². The van der Waals surface area contributed by atoms with Gasteiger partial charge in [-0.2, -0.15) is 0 Å². The Labute approximate surface area is 229 Å². The molecule has 2 nitrogen and oxygen atoms in total. The van der Waals surface area contributed by atoms with Crippen LogP contribution in [0.15, 0.2) is 96.6 Å². The molecule has 39 heavy (non-hydrogen) atoms. The van der Waals surface area contributed by atoms with Gasteiger partial charge in [-0.3, -0.25) is 0 Å². The highest BCUT2D eigenvalue weighted by Crippen LogP contribution is 2.49. The molecule has 7 rings (SSSR count). The Morgan fingerprint density at radius 1 is 0.590 bits per heavy atom. The van der Waals surface area contributed by atoms with E-state index in [1.807, 2.05) is 0 Å². The highest BCUT2D eigenvalue weighted by molar-refractivity contribution is 6.12. The van der Waals surface area contributed by atoms with Crippen molar-refractivity contribution >= 4 is 44.6 Å². The van der Waals surface area contributed by atoms with E-state index in [0.29, 0.717) is 0 Å². The number of nitrogen functional groups attached to an aromatic ring is 2. The van der Waals surface area contributed by atoms with Crippen molar-refractivity contribution in [2.75, 3.05) is 11.5 Å². The zero-order valence-electron chi connectivity index (χ0n) is 22.9. The lowest BCUT2D eigenvalue weighted by Gasteiger charge is -2.38. The number of aryl methyl sites for hydroxylation is 4. The van der Waals surface area contributed by atoms with E-state index in [1.165, 1.54) is 54.3 Å². The van der Waals surface area contributed by atoms with E-state index in [1.54, 1.807) is 0 Å². The maximum Gasteiger partial charge on any atom is 0.0647 e. The normalized spacial score (nSPS) is 15.3. The number of hydrogen-bond donors (Lipinski definition) is 2. The fraction of sp³-hybridized carbons (Fsp3) is 0.135. The average molecular weight is 505 g/mol. The molecule has 0 bridgehead atoms. The lowest BCUT2D eigenvalue weighted by Crippen LogP contribution is -2.36. The Hall–Kier alpha value is -4.56. The van der Waals surface area contributed by atoms with Gasteiger partial charge >= 0.3 is 0 Å². The van der Waals surface area contributed by atoms with Gasteiger partial charge in [0.15, 0.2) is 0 Å². The number of anilines is 2. The lowest BCUT2D eigenvalue weighted by molar-refractivity contribution is 0.825. The first-order valence-corrected chi connectivity index (χ1v) is 13.6. The summed E-state index contributed by atoms with van der Waals surface area (Å²) in [6, 6.07) is 26.8. The first kappa shape index (κ1) is 23.5. The van der Waals surface area contributed by atoms with E-state index >= 15 is 0 Å². The lowest BCUT2D eigenvalue weighted by atomic mass is 9.64. The SMILES string of the molecule is Cc1cc(C2(c3cc(C)c(N)c(C)c3)C=CC=C3C=c4c(c5ccccc5c5ccccc45)=C32)cc(C)c1N. The molecule has 0 heterocycles. The van der Waals surface area contributed by atoms with Crippen molar-refractivity contribution in [2.24, 2.45) is 0 Å². The van der Waals surface area contributed by atoms with Crippen LogP contribution < -0.4 is 21.9 Å². The van der Waals surface area contributed by atoms with E-state index < -0.39 is 5.41 Å². The number of rotatable bonds is 2. The Morgan fingerprint density at radius 2 is 1.05 bits per heavy atom. The van der Waals surface area contributed by atoms with Crippen molar-refractivity contribution in [3.63, 3.8) is 0 Å². The van der Waals surface area contributed by atoms with Gasteiger partial charge in [0.2, 0.25) is 0 Å². The maximum absolute atomic E-state index is 6.49. The summed E-state index contributed by atoms with van der Waals surface area (Å²) in [5, 5.41) is 7.77. The second-order valence-corrected chi connectivity index (χ2v) is 11.2. The van der Waals surface area contributed by atoms with Gasteiger partial charge in [-0.1, -0.05) is 91.0 Å². The van der Waals surface area contributed by atoms with Crippen molar-refractivity contribution in [1.29, 1.82) is 0 Å². The number of hydrogen-bond acceptors (Lipinski definition) is 2. The maximum atomic E-state index is 6.49. The number of fused-ring (bicyclic) bond motifs is 7. The Morgan fingerprint density at radius 3 is 1.59 bits per heavy atom. The third-order valence-corrected chi connectivity index (χ3v) is 8.93. The molecule has 0 radical (unpaired) electrons. The molecule has 2 aliphatic rings. The van der Waals surface area contributed by atoms with Crippen LogP contribution in [0.3, 0.4) is 0 Å². The predicted octanol–water partition coefficient (Wildman–Crippen LogP) is 6.82. The molecule has 190 valence electrons. The summed E-state index contributed by atoms with van der Waals surface area (Å²) >= 11 is 0. The molecule has 0 fully saturated rings. The van der Waals surface area contributed by atoms with Crippen LogP contribution in [0, 0.1) is 27.7 Å². The van der Waals surface area contributed by atoms with Crippen LogP contribution in [-0.2, 0) is 5.41 Å². The van der Waals surface area contributed by atoms with Crippen molar-refractivity contribution in [3.8, 4) is 0 Å². The molecule has 5 aromatic carbocycles. The second-order valence-electron chi connectivity index (χ2n) is 11.2. The van der Waals surface area contributed by atoms with E-state index in [-0.39, 0.29) is 0 Å². The van der Waals surface area contributed by atoms with Crippen molar-refractivity contribution in [2.45, 2.75) is 33.1 Å². The molecule has 0 unspecified atom stereocenters. The third-order valence-electron chi connectivity index (χ3n) is 8.93. The molecule has 0 spiro atoms. The van der Waals surface area contributed by atoms with Crippen LogP contribution in [0.5, 0.6) is 0 Å². The van der Waals surface area contributed by atoms with Crippen LogP contribution in [0.4, 0.5) is 11.4 Å². The summed E-state index contributed by atoms with van der Waals surface area (Å²) in [5.41, 5.74) is 23.6. The molecule has 2 heteroatoms. The van der Waals surface area contributed by atoms with E-state index in [9.17, 15) is 0 Å². The van der Waals surface area contributed by atoms with Gasteiger partial charge < -0.3 is 11.5 Å². The molecule has 5 aromatic rings. The zero-order chi connectivity index (χ0) is 27.1. The minimum atomic E-state index is -0.510. The van der Waals surface area contributed by atoms with Crippen LogP contribution in [0.2, 0.25) is 0 Å². The average Bonchev–Trinajstić information content (AvgIpc) is 3.35. The monoisotopic (exact) mass is 504 g/mol. The van der Waals surface area contributed by atoms with Crippen molar-refractivity contribution in [1.82, 2.24) is 0 Å². The Balaban J connectivity index is 1.76. The molecular formula is C37H32N2. The number of allylic oxidation sites excluding steroid dienone is 4. The molecule has 0 atom stereocenters. The van der Waals surface area contributed by atoms with Gasteiger partial charge in [0.1, 0.15) is 0 Å². The minimum Gasteiger partial charge on any atom is -0.398 e. The van der Waals surface area contributed by atoms with Gasteiger partial charge in [0.25, 0.3) is 0 Å². The van der Waals surface area contributed by atoms with Gasteiger partial charge in [-0.25, -0.2) is 0 Å². The summed E-state index contributed by atoms with van der Waals surface area (Å²) in [5.74, 6) is 0. The number of benzene rings is 5. The van der Waals surface area contributed by atoms with Gasteiger partial charge in [0, 0.05) is 11.4 Å². The summed E-state index contributed by atoms with van der Waals surface area (Å²) in [4.78, 5) is 0. The van der Waals surface area contributed by atoms with E-state index in [4.69, 9.17) is 11.5 Å². The van der Waals surface area contributed by atoms with Crippen molar-refractivity contribution < 1.29 is 0 Å². The summed E-state index contributed by atoms with van der Waals surface area (Å²) in [6.45, 7) is 8.46. The van der Waals surface area contributed by atoms with Gasteiger partial charge in [0.05, 0.1) is 5.41 Å². The highest BCUT2D eigenvalue weighted by Gasteiger charge is 2.41. The zero-order valence-corrected chi connectivity index (χ0v) is 22.9. The number of nitrogens with two attached hydrogens (primary N) is 2. The molecule has 0 amide bonds. The smallest absolute Gasteiger partial charge is 0.0647 e. The van der Waals surface area contributed by atoms with Crippen LogP contribution in [0.25, 0.3) is 33.2 Å². The molecule has 0 aliphatic heterocycles. The van der Waals surface area contributed by atoms with Crippen LogP contribution in [0.1, 0.15) is 33.4 Å². The summed E-state index contributed by atoms with van der Waals surface area (Å²) in [7, 11) is 0. The van der Waals surface area contributed by atoms with Crippen LogP contribution in [-0.4, -0.2) is 0 Å². The summed E-state index contributed by atoms with van der Waals surface area (Å²) < 4.78 is 0. The molecule has 0 saturated carbocycles. The van der Waals surface area contributed by atoms with Gasteiger partial charge in [-0.05, 0) is 110 Å². The second kappa shape index (κ2) is 8.22. The standard InChI is InChI=1S/C37H32N2/c1-21-16-26(17-22(2)35(21)38)37(27-18-23(3)36(39)24(4)19-27)15-9-10-25-20-32-30-13-6-5-11-28(30)29-12-7-8-14-31(29)33(32)34(25)37/h5-20H,38-39H2,1-4H3. The Bertz CT molecular complexity index is 1970. The fourth-order valence-corrected chi connectivity index (χ4v) is 6.95. The van der Waals surface area contributed by atoms with Gasteiger partial charge in [-0.15, -0.1) is 0 Å². The minimum absolute atomic E-state index is 0.510. The van der Waals surface area contributed by atoms with Crippen LogP contribution >= 0.6 is 0 Å². The Kier molecular flexibility index (Phi) is 4.96. The molecule has 2 aliphatic carbocycles. The molecular weight excluding hydrogens is 472 g/mol. The largest absolute Gasteiger partial charge is 0.398 e. The fourth-order valence-electron chi connectivity index (χ4n) is 6.95. The topological polar surface area (TPSA) is 52.0 Å². The molecule has 4 N–H and O–H groups in total. The summed E-state index contributed by atoms with van der Waals surface area (Å²) in [6.07, 6.45) is 9.28. The first-order chi connectivity index (χ1) is 18.8. The first-order valence-electron chi connectivity index (χ1n) is 13.6. The molecule has 0 saturated heterocycles. The highest BCUT2D eigenvalue weighted by atomic mass is 14.6. The van der Waals surface area contributed by atoms with Crippen molar-refractivity contribution in [3.05, 3.63) is 140 Å². The third kappa shape index (κ3) is 3.15. The molecule has 0 aromatic heterocycles. The predicted molar refractivity (Wildman–Crippen MR) is 167 cm³/mol. The quantitative estimate of drug-likeness (QED) is 0.205. The van der Waals surface area contributed by atoms with E-state index in [2.05, 4.69) is 125 Å².